The summed E-state index contributed by atoms with van der Waals surface area (Å²) in [6, 6.07) is 17.4. The van der Waals surface area contributed by atoms with Crippen LogP contribution in [0.5, 0.6) is 5.75 Å². The number of methoxy groups -OCH3 is 1. The molecule has 0 aliphatic carbocycles. The Bertz CT molecular complexity index is 3260. The van der Waals surface area contributed by atoms with E-state index in [0.717, 1.165) is 65.4 Å². The monoisotopic (exact) mass is 1050 g/mol. The van der Waals surface area contributed by atoms with Crippen LogP contribution in [0.25, 0.3) is 38.8 Å². The minimum atomic E-state index is -0.611. The smallest absolute Gasteiger partial charge is 0.232 e. The third-order valence-corrected chi connectivity index (χ3v) is 13.7. The van der Waals surface area contributed by atoms with Crippen LogP contribution in [0, 0.1) is 5.82 Å². The minimum absolute atomic E-state index is 0.0220. The second-order valence-electron chi connectivity index (χ2n) is 18.1. The van der Waals surface area contributed by atoms with E-state index in [1.807, 2.05) is 70.5 Å². The second-order valence-corrected chi connectivity index (χ2v) is 19.4. The van der Waals surface area contributed by atoms with Gasteiger partial charge in [-0.05, 0) is 60.4 Å². The fourth-order valence-corrected chi connectivity index (χ4v) is 9.26. The van der Waals surface area contributed by atoms with Crippen LogP contribution in [0.15, 0.2) is 89.8 Å². The molecule has 0 amide bonds. The summed E-state index contributed by atoms with van der Waals surface area (Å²) in [7, 11) is 13.8. The number of piperazine rings is 1. The number of carbonyl (C=O) groups excluding carboxylic acids is 1. The number of anilines is 6. The van der Waals surface area contributed by atoms with Gasteiger partial charge in [0.15, 0.2) is 17.2 Å². The fraction of sp³-hybridized carbons (Fsp3) is 0.340. The first kappa shape index (κ1) is 49.1. The van der Waals surface area contributed by atoms with Crippen molar-refractivity contribution in [3.63, 3.8) is 0 Å². The van der Waals surface area contributed by atoms with E-state index in [2.05, 4.69) is 102 Å². The number of para-hydroxylation sites is 1. The highest BCUT2D eigenvalue weighted by Gasteiger charge is 2.26. The summed E-state index contributed by atoms with van der Waals surface area (Å²) in [5.41, 5.74) is 7.19. The van der Waals surface area contributed by atoms with E-state index in [9.17, 15) is 4.79 Å². The van der Waals surface area contributed by atoms with Crippen molar-refractivity contribution in [1.29, 1.82) is 0 Å². The molecule has 1 aliphatic heterocycles. The fourth-order valence-electron chi connectivity index (χ4n) is 8.76. The molecule has 8 aromatic rings. The van der Waals surface area contributed by atoms with E-state index in [0.29, 0.717) is 70.3 Å². The van der Waals surface area contributed by atoms with Gasteiger partial charge in [-0.15, -0.1) is 0 Å². The summed E-state index contributed by atoms with van der Waals surface area (Å²) in [5.74, 6) is 1.79. The van der Waals surface area contributed by atoms with E-state index in [4.69, 9.17) is 31.3 Å². The van der Waals surface area contributed by atoms with Gasteiger partial charge < -0.3 is 49.0 Å². The average molecular weight is 1050 g/mol. The maximum atomic E-state index is 15.1. The number of benzene rings is 3. The molecular formula is C50H57BrClFN16O2. The van der Waals surface area contributed by atoms with Gasteiger partial charge in [0.2, 0.25) is 17.8 Å². The molecule has 5 aromatic heterocycles. The Labute approximate surface area is 424 Å². The van der Waals surface area contributed by atoms with Gasteiger partial charge in [-0.1, -0.05) is 36.4 Å². The Morgan fingerprint density at radius 2 is 1.76 bits per heavy atom. The lowest BCUT2D eigenvalue weighted by Gasteiger charge is -2.33. The molecule has 0 spiro atoms. The molecule has 0 saturated carbocycles. The predicted octanol–water partition coefficient (Wildman–Crippen LogP) is 7.66. The van der Waals surface area contributed by atoms with Gasteiger partial charge in [-0.2, -0.15) is 19.6 Å². The zero-order valence-electron chi connectivity index (χ0n) is 40.9. The van der Waals surface area contributed by atoms with Crippen LogP contribution in [-0.4, -0.2) is 154 Å². The van der Waals surface area contributed by atoms with Gasteiger partial charge in [0.05, 0.1) is 57.6 Å². The lowest BCUT2D eigenvalue weighted by molar-refractivity contribution is -0.115. The van der Waals surface area contributed by atoms with Gasteiger partial charge in [0.1, 0.15) is 17.1 Å². The molecule has 1 fully saturated rings. The van der Waals surface area contributed by atoms with Crippen molar-refractivity contribution < 1.29 is 13.9 Å². The van der Waals surface area contributed by atoms with E-state index < -0.39 is 5.82 Å². The Morgan fingerprint density at radius 1 is 0.972 bits per heavy atom. The normalized spacial score (nSPS) is 13.2. The van der Waals surface area contributed by atoms with E-state index in [1.165, 1.54) is 6.07 Å². The summed E-state index contributed by atoms with van der Waals surface area (Å²) in [6.45, 7) is 9.52. The maximum absolute atomic E-state index is 15.1. The van der Waals surface area contributed by atoms with Crippen LogP contribution >= 0.6 is 27.5 Å². The molecule has 0 radical (unpaired) electrons. The first-order valence-electron chi connectivity index (χ1n) is 23.2. The Hall–Kier alpha value is -6.87. The third-order valence-electron chi connectivity index (χ3n) is 12.9. The summed E-state index contributed by atoms with van der Waals surface area (Å²) in [6.07, 6.45) is 5.75. The molecule has 0 atom stereocenters. The maximum Gasteiger partial charge on any atom is 0.232 e. The summed E-state index contributed by atoms with van der Waals surface area (Å²) < 4.78 is 25.5. The number of ether oxygens (including phenoxy) is 1. The number of aromatic amines is 1. The molecule has 0 bridgehead atoms. The number of nitrogens with zero attached hydrogens (tertiary/aromatic N) is 14. The van der Waals surface area contributed by atoms with Crippen LogP contribution in [0.2, 0.25) is 5.02 Å². The van der Waals surface area contributed by atoms with Gasteiger partial charge in [-0.25, -0.2) is 19.3 Å². The minimum Gasteiger partial charge on any atom is -0.494 e. The van der Waals surface area contributed by atoms with Crippen LogP contribution in [0.1, 0.15) is 12.2 Å². The number of nitrogens with one attached hydrogen (secondary N) is 2. The van der Waals surface area contributed by atoms with Crippen LogP contribution in [0.4, 0.5) is 39.3 Å². The Kier molecular flexibility index (Phi) is 14.4. The highest BCUT2D eigenvalue weighted by molar-refractivity contribution is 9.10. The molecule has 18 nitrogen and oxygen atoms in total. The van der Waals surface area contributed by atoms with E-state index in [-0.39, 0.29) is 35.8 Å². The Morgan fingerprint density at radius 3 is 2.54 bits per heavy atom. The molecule has 21 heteroatoms. The number of aryl methyl sites for hydroxylation is 1. The lowest BCUT2D eigenvalue weighted by atomic mass is 10.1. The van der Waals surface area contributed by atoms with Crippen molar-refractivity contribution in [2.24, 2.45) is 7.05 Å². The molecule has 2 N–H and O–H groups in total. The van der Waals surface area contributed by atoms with Crippen molar-refractivity contribution in [2.75, 3.05) is 120 Å². The second kappa shape index (κ2) is 20.8. The number of aromatic nitrogens is 9. The summed E-state index contributed by atoms with van der Waals surface area (Å²) in [4.78, 5) is 53.8. The number of halogens is 3. The molecule has 370 valence electrons. The van der Waals surface area contributed by atoms with Crippen LogP contribution in [0.3, 0.4) is 0 Å². The van der Waals surface area contributed by atoms with Crippen molar-refractivity contribution in [3.8, 4) is 17.0 Å². The first-order chi connectivity index (χ1) is 34.1. The summed E-state index contributed by atoms with van der Waals surface area (Å²) in [5, 5.41) is 9.12. The molecule has 6 heterocycles. The van der Waals surface area contributed by atoms with Gasteiger partial charge >= 0.3 is 0 Å². The molecule has 0 unspecified atom stereocenters. The van der Waals surface area contributed by atoms with Gasteiger partial charge in [0.25, 0.3) is 0 Å². The standard InChI is InChI=1S/C50H57BrClFN16O2/c1-31(28-68(30-44-56-37-14-13-35(52)45(53)46(37)59-44)50-61-49(67-23-20-64(5)21-24-67)60-47-34(51)27-55-69(47)50)42(70)16-18-63(4)19-22-65(6)41-26-43(71-8)38(25-40(41)62(2)3)58-48-54-17-15-36(57-48)33-29-66(7)39-12-10-9-11-32(33)39/h9-15,17,25-27,29H,1,16,18-24,28,30H2,2-8H3,(H,56,59)(H,54,57,58). The molecule has 1 aliphatic rings. The Balaban J connectivity index is 0.876. The van der Waals surface area contributed by atoms with Crippen molar-refractivity contribution in [3.05, 3.63) is 106 Å². The third kappa shape index (κ3) is 10.5. The molecule has 3 aromatic carbocycles. The van der Waals surface area contributed by atoms with Crippen molar-refractivity contribution >= 4 is 95.8 Å². The van der Waals surface area contributed by atoms with Gasteiger partial charge in [-0.3, -0.25) is 4.79 Å². The number of fused-ring (bicyclic) bond motifs is 3. The number of rotatable bonds is 19. The van der Waals surface area contributed by atoms with E-state index >= 15 is 4.39 Å². The number of carbonyl (C=O) groups is 1. The lowest BCUT2D eigenvalue weighted by Crippen LogP contribution is -2.45. The van der Waals surface area contributed by atoms with Crippen LogP contribution in [-0.2, 0) is 18.4 Å². The molecule has 1 saturated heterocycles. The number of hydrogen-bond acceptors (Lipinski definition) is 15. The highest BCUT2D eigenvalue weighted by Crippen LogP contribution is 2.39. The quantitative estimate of drug-likeness (QED) is 0.0760. The predicted molar refractivity (Wildman–Crippen MR) is 284 cm³/mol. The SMILES string of the molecule is C=C(CN(Cc1nc2c(F)c(Cl)ccc2[nH]1)c1nc(N2CCN(C)CC2)nc2c(Br)cnn12)C(=O)CCN(C)CCN(C)c1cc(OC)c(Nc2nccc(-c3cn(C)c4ccccc34)n2)cc1N(C)C. The van der Waals surface area contributed by atoms with E-state index in [1.54, 1.807) is 30.1 Å². The van der Waals surface area contributed by atoms with Crippen molar-refractivity contribution in [1.82, 2.24) is 53.9 Å². The number of hydrogen-bond donors (Lipinski definition) is 2. The molecule has 71 heavy (non-hydrogen) atoms. The number of ketones is 1. The van der Waals surface area contributed by atoms with Gasteiger partial charge in [0, 0.05) is 127 Å². The summed E-state index contributed by atoms with van der Waals surface area (Å²) >= 11 is 9.75. The molecular weight excluding hydrogens is 991 g/mol. The molecule has 9 rings (SSSR count). The highest BCUT2D eigenvalue weighted by atomic mass is 79.9. The van der Waals surface area contributed by atoms with Crippen molar-refractivity contribution in [2.45, 2.75) is 13.0 Å². The zero-order valence-corrected chi connectivity index (χ0v) is 43.3. The number of H-pyrrole nitrogens is 1. The largest absolute Gasteiger partial charge is 0.494 e. The topological polar surface area (TPSA) is 160 Å². The number of Topliss-reactive ketones (excluding diaryl/α,β-unsaturated/α-hetero) is 1. The average Bonchev–Trinajstić information content (AvgIpc) is 4.07. The first-order valence-corrected chi connectivity index (χ1v) is 24.4. The van der Waals surface area contributed by atoms with Crippen LogP contribution < -0.4 is 29.7 Å². The number of imidazole rings is 1. The number of likely N-dealkylation sites (N-methyl/N-ethyl adjacent to an activating group) is 3. The zero-order chi connectivity index (χ0) is 50.1.